The van der Waals surface area contributed by atoms with Crippen LogP contribution in [-0.2, 0) is 10.8 Å². The molecule has 0 heterocycles. The Morgan fingerprint density at radius 1 is 1.38 bits per heavy atom. The predicted molar refractivity (Wildman–Crippen MR) is 56.8 cm³/mol. The third kappa shape index (κ3) is 2.95. The van der Waals surface area contributed by atoms with Crippen molar-refractivity contribution in [3.8, 4) is 0 Å². The highest BCUT2D eigenvalue weighted by Crippen LogP contribution is 2.23. The van der Waals surface area contributed by atoms with E-state index < -0.39 is 10.8 Å². The quantitative estimate of drug-likeness (QED) is 0.875. The van der Waals surface area contributed by atoms with Crippen molar-refractivity contribution >= 4 is 34.0 Å². The second-order valence-electron chi connectivity index (χ2n) is 2.41. The molecule has 1 aromatic rings. The molecule has 1 unspecified atom stereocenters. The summed E-state index contributed by atoms with van der Waals surface area (Å²) in [7, 11) is -1.15. The lowest BCUT2D eigenvalue weighted by Gasteiger charge is -2.03. The van der Waals surface area contributed by atoms with Gasteiger partial charge in [-0.15, -0.1) is 0 Å². The molecule has 0 aromatic heterocycles. The number of halogens is 2. The first-order valence-corrected chi connectivity index (χ1v) is 5.76. The molecular formula is C8H9Cl2NOS. The molecule has 2 nitrogen and oxygen atoms in total. The summed E-state index contributed by atoms with van der Waals surface area (Å²) in [5.74, 6) is 0.403. The number of nitrogens with two attached hydrogens (primary N) is 1. The lowest BCUT2D eigenvalue weighted by molar-refractivity contribution is 0.683. The molecule has 1 rings (SSSR count). The number of hydrogen-bond acceptors (Lipinski definition) is 2. The fraction of sp³-hybridized carbons (Fsp3) is 0.250. The van der Waals surface area contributed by atoms with E-state index in [1.807, 2.05) is 0 Å². The molecule has 0 fully saturated rings. The van der Waals surface area contributed by atoms with Gasteiger partial charge in [-0.05, 0) is 18.2 Å². The predicted octanol–water partition coefficient (Wildman–Crippen LogP) is 2.06. The van der Waals surface area contributed by atoms with E-state index >= 15 is 0 Å². The van der Waals surface area contributed by atoms with Crippen LogP contribution in [0, 0.1) is 0 Å². The van der Waals surface area contributed by atoms with Gasteiger partial charge in [-0.25, -0.2) is 0 Å². The molecule has 0 radical (unpaired) electrons. The third-order valence-electron chi connectivity index (χ3n) is 1.44. The maximum Gasteiger partial charge on any atom is 0.0589 e. The molecule has 13 heavy (non-hydrogen) atoms. The average Bonchev–Trinajstić information content (AvgIpc) is 2.09. The highest BCUT2D eigenvalue weighted by atomic mass is 35.5. The van der Waals surface area contributed by atoms with Crippen LogP contribution in [0.1, 0.15) is 0 Å². The zero-order valence-corrected chi connectivity index (χ0v) is 9.12. The van der Waals surface area contributed by atoms with Crippen LogP contribution in [0.25, 0.3) is 0 Å². The molecule has 5 heteroatoms. The van der Waals surface area contributed by atoms with Gasteiger partial charge >= 0.3 is 0 Å². The molecule has 0 spiro atoms. The second kappa shape index (κ2) is 4.96. The summed E-state index contributed by atoms with van der Waals surface area (Å²) in [4.78, 5) is 0.555. The van der Waals surface area contributed by atoms with Crippen LogP contribution in [0.4, 0.5) is 0 Å². The van der Waals surface area contributed by atoms with Crippen molar-refractivity contribution in [2.75, 3.05) is 12.3 Å². The average molecular weight is 238 g/mol. The fourth-order valence-corrected chi connectivity index (χ4v) is 2.46. The van der Waals surface area contributed by atoms with Crippen molar-refractivity contribution in [2.24, 2.45) is 5.73 Å². The first-order chi connectivity index (χ1) is 6.15. The van der Waals surface area contributed by atoms with Crippen LogP contribution >= 0.6 is 23.2 Å². The van der Waals surface area contributed by atoms with E-state index in [2.05, 4.69) is 0 Å². The molecule has 0 amide bonds. The Kier molecular flexibility index (Phi) is 4.19. The summed E-state index contributed by atoms with van der Waals surface area (Å²) in [6, 6.07) is 4.90. The third-order valence-corrected chi connectivity index (χ3v) is 3.55. The summed E-state index contributed by atoms with van der Waals surface area (Å²) < 4.78 is 11.5. The molecule has 1 aromatic carbocycles. The Hall–Kier alpha value is -0.0900. The Labute approximate surface area is 89.5 Å². The van der Waals surface area contributed by atoms with Crippen LogP contribution in [0.2, 0.25) is 10.0 Å². The summed E-state index contributed by atoms with van der Waals surface area (Å²) in [5, 5.41) is 1.00. The van der Waals surface area contributed by atoms with E-state index in [4.69, 9.17) is 28.9 Å². The van der Waals surface area contributed by atoms with Crippen molar-refractivity contribution < 1.29 is 4.21 Å². The minimum Gasteiger partial charge on any atom is -0.330 e. The van der Waals surface area contributed by atoms with Crippen LogP contribution in [-0.4, -0.2) is 16.5 Å². The SMILES string of the molecule is NCCS(=O)c1cc(Cl)ccc1Cl. The van der Waals surface area contributed by atoms with Crippen molar-refractivity contribution in [2.45, 2.75) is 4.90 Å². The lowest BCUT2D eigenvalue weighted by atomic mass is 10.4. The fourth-order valence-electron chi connectivity index (χ4n) is 0.869. The van der Waals surface area contributed by atoms with Crippen LogP contribution in [0.5, 0.6) is 0 Å². The number of hydrogen-bond donors (Lipinski definition) is 1. The minimum atomic E-state index is -1.15. The van der Waals surface area contributed by atoms with Gasteiger partial charge in [0.25, 0.3) is 0 Å². The van der Waals surface area contributed by atoms with Gasteiger partial charge in [0.05, 0.1) is 20.7 Å². The van der Waals surface area contributed by atoms with Crippen molar-refractivity contribution in [1.29, 1.82) is 0 Å². The van der Waals surface area contributed by atoms with E-state index in [0.717, 1.165) is 0 Å². The second-order valence-corrected chi connectivity index (χ2v) is 4.80. The van der Waals surface area contributed by atoms with Crippen LogP contribution in [0.3, 0.4) is 0 Å². The Morgan fingerprint density at radius 3 is 2.69 bits per heavy atom. The summed E-state index contributed by atoms with van der Waals surface area (Å²) in [5.41, 5.74) is 5.29. The van der Waals surface area contributed by atoms with E-state index in [0.29, 0.717) is 27.2 Å². The van der Waals surface area contributed by atoms with Gasteiger partial charge in [0, 0.05) is 17.3 Å². The number of rotatable bonds is 3. The first kappa shape index (κ1) is 11.0. The van der Waals surface area contributed by atoms with Crippen molar-refractivity contribution in [3.63, 3.8) is 0 Å². The Morgan fingerprint density at radius 2 is 2.08 bits per heavy atom. The molecule has 0 aliphatic heterocycles. The highest BCUT2D eigenvalue weighted by molar-refractivity contribution is 7.85. The number of benzene rings is 1. The molecule has 2 N–H and O–H groups in total. The standard InChI is InChI=1S/C8H9Cl2NOS/c9-6-1-2-7(10)8(5-6)13(12)4-3-11/h1-2,5H,3-4,11H2. The topological polar surface area (TPSA) is 43.1 Å². The van der Waals surface area contributed by atoms with Gasteiger partial charge in [0.1, 0.15) is 0 Å². The zero-order chi connectivity index (χ0) is 9.84. The molecule has 72 valence electrons. The van der Waals surface area contributed by atoms with Gasteiger partial charge in [0.15, 0.2) is 0 Å². The van der Waals surface area contributed by atoms with Crippen LogP contribution in [0.15, 0.2) is 23.1 Å². The lowest BCUT2D eigenvalue weighted by Crippen LogP contribution is -2.10. The zero-order valence-electron chi connectivity index (χ0n) is 6.80. The smallest absolute Gasteiger partial charge is 0.0589 e. The molecule has 0 saturated carbocycles. The monoisotopic (exact) mass is 237 g/mol. The van der Waals surface area contributed by atoms with Crippen molar-refractivity contribution in [3.05, 3.63) is 28.2 Å². The maximum atomic E-state index is 11.5. The summed E-state index contributed by atoms with van der Waals surface area (Å²) in [6.07, 6.45) is 0. The molecule has 1 atom stereocenters. The maximum absolute atomic E-state index is 11.5. The van der Waals surface area contributed by atoms with E-state index in [9.17, 15) is 4.21 Å². The summed E-state index contributed by atoms with van der Waals surface area (Å²) in [6.45, 7) is 0.370. The van der Waals surface area contributed by atoms with Gasteiger partial charge in [-0.1, -0.05) is 23.2 Å². The molecule has 0 saturated heterocycles. The largest absolute Gasteiger partial charge is 0.330 e. The molecule has 0 aliphatic carbocycles. The van der Waals surface area contributed by atoms with E-state index in [1.54, 1.807) is 18.2 Å². The first-order valence-electron chi connectivity index (χ1n) is 3.68. The van der Waals surface area contributed by atoms with Crippen molar-refractivity contribution in [1.82, 2.24) is 0 Å². The van der Waals surface area contributed by atoms with Gasteiger partial charge in [-0.2, -0.15) is 0 Å². The van der Waals surface area contributed by atoms with Gasteiger partial charge in [0.2, 0.25) is 0 Å². The molecule has 0 aliphatic rings. The molecule has 0 bridgehead atoms. The van der Waals surface area contributed by atoms with E-state index in [-0.39, 0.29) is 0 Å². The van der Waals surface area contributed by atoms with Crippen LogP contribution < -0.4 is 5.73 Å². The summed E-state index contributed by atoms with van der Waals surface area (Å²) >= 11 is 11.6. The Balaban J connectivity index is 2.99. The Bertz CT molecular complexity index is 330. The van der Waals surface area contributed by atoms with Gasteiger partial charge in [-0.3, -0.25) is 4.21 Å². The van der Waals surface area contributed by atoms with Gasteiger partial charge < -0.3 is 5.73 Å². The van der Waals surface area contributed by atoms with E-state index in [1.165, 1.54) is 0 Å². The minimum absolute atomic E-state index is 0.370. The molecular weight excluding hydrogens is 229 g/mol. The highest BCUT2D eigenvalue weighted by Gasteiger charge is 2.07. The normalized spacial score (nSPS) is 12.8.